The van der Waals surface area contributed by atoms with E-state index in [-0.39, 0.29) is 30.6 Å². The summed E-state index contributed by atoms with van der Waals surface area (Å²) in [5.41, 5.74) is 4.37. The summed E-state index contributed by atoms with van der Waals surface area (Å²) in [6.07, 6.45) is 6.51. The summed E-state index contributed by atoms with van der Waals surface area (Å²) < 4.78 is 3.47. The minimum atomic E-state index is -0.734. The van der Waals surface area contributed by atoms with Crippen LogP contribution in [0.5, 0.6) is 0 Å². The van der Waals surface area contributed by atoms with E-state index >= 15 is 0 Å². The van der Waals surface area contributed by atoms with Gasteiger partial charge in [0.2, 0.25) is 0 Å². The van der Waals surface area contributed by atoms with E-state index < -0.39 is 5.97 Å². The number of carbonyl (C=O) groups is 1. The first-order valence-corrected chi connectivity index (χ1v) is 12.8. The summed E-state index contributed by atoms with van der Waals surface area (Å²) in [6, 6.07) is 16.4. The van der Waals surface area contributed by atoms with Crippen molar-refractivity contribution in [1.82, 2.24) is 19.2 Å². The summed E-state index contributed by atoms with van der Waals surface area (Å²) in [4.78, 5) is 27.1. The van der Waals surface area contributed by atoms with E-state index in [4.69, 9.17) is 10.2 Å². The predicted molar refractivity (Wildman–Crippen MR) is 143 cm³/mol. The van der Waals surface area contributed by atoms with Crippen LogP contribution in [-0.4, -0.2) is 50.5 Å². The lowest BCUT2D eigenvalue weighted by molar-refractivity contribution is -0.137. The third-order valence-corrected chi connectivity index (χ3v) is 7.74. The molecule has 0 bridgehead atoms. The standard InChI is InChI=1S/C28H34N4O3.ClH/c1-30-17-15-21-10-13-25(19-23(21)16-18-30)31-27(22-5-3-2-4-6-22)29-32(28(31)35)24-11-7-20(8-12-24)9-14-26(33)34;/h2-6,10,13,19-20,24H,7-9,11-12,14-18H2,1H3,(H,33,34);1H/t20-,24-;. The van der Waals surface area contributed by atoms with Crippen LogP contribution in [-0.2, 0) is 17.6 Å². The highest BCUT2D eigenvalue weighted by molar-refractivity contribution is 5.85. The number of nitrogens with zero attached hydrogens (tertiary/aromatic N) is 4. The molecule has 1 aliphatic carbocycles. The number of rotatable bonds is 6. The van der Waals surface area contributed by atoms with Crippen molar-refractivity contribution < 1.29 is 9.90 Å². The Morgan fingerprint density at radius 3 is 2.39 bits per heavy atom. The fraction of sp³-hybridized carbons (Fsp3) is 0.464. The van der Waals surface area contributed by atoms with Crippen molar-refractivity contribution in [1.29, 1.82) is 0 Å². The average molecular weight is 511 g/mol. The van der Waals surface area contributed by atoms with Crippen LogP contribution < -0.4 is 5.69 Å². The molecule has 36 heavy (non-hydrogen) atoms. The van der Waals surface area contributed by atoms with Crippen LogP contribution >= 0.6 is 12.4 Å². The molecule has 0 amide bonds. The van der Waals surface area contributed by atoms with Crippen LogP contribution in [0.3, 0.4) is 0 Å². The molecule has 1 saturated carbocycles. The third-order valence-electron chi connectivity index (χ3n) is 7.74. The van der Waals surface area contributed by atoms with Gasteiger partial charge in [-0.05, 0) is 81.2 Å². The Kier molecular flexibility index (Phi) is 8.32. The summed E-state index contributed by atoms with van der Waals surface area (Å²) in [7, 11) is 2.16. The lowest BCUT2D eigenvalue weighted by Crippen LogP contribution is -2.30. The summed E-state index contributed by atoms with van der Waals surface area (Å²) in [6.45, 7) is 2.07. The normalized spacial score (nSPS) is 20.2. The Balaban J connectivity index is 0.00000304. The number of aliphatic carboxylic acids is 1. The van der Waals surface area contributed by atoms with E-state index in [1.54, 1.807) is 9.25 Å². The van der Waals surface area contributed by atoms with E-state index in [0.717, 1.165) is 62.9 Å². The molecule has 3 aromatic rings. The highest BCUT2D eigenvalue weighted by atomic mass is 35.5. The number of likely N-dealkylation sites (N-methyl/N-ethyl adjacent to an activating group) is 1. The zero-order valence-corrected chi connectivity index (χ0v) is 21.6. The minimum Gasteiger partial charge on any atom is -0.481 e. The second-order valence-corrected chi connectivity index (χ2v) is 10.1. The smallest absolute Gasteiger partial charge is 0.351 e. The molecule has 1 N–H and O–H groups in total. The Labute approximate surface area is 218 Å². The topological polar surface area (TPSA) is 80.4 Å². The second kappa shape index (κ2) is 11.4. The lowest BCUT2D eigenvalue weighted by atomic mass is 9.83. The molecular formula is C28H35ClN4O3. The van der Waals surface area contributed by atoms with Crippen LogP contribution in [0, 0.1) is 5.92 Å². The van der Waals surface area contributed by atoms with Crippen LogP contribution in [0.4, 0.5) is 0 Å². The number of hydrogen-bond donors (Lipinski definition) is 1. The fourth-order valence-corrected chi connectivity index (χ4v) is 5.60. The second-order valence-electron chi connectivity index (χ2n) is 10.1. The number of hydrogen-bond acceptors (Lipinski definition) is 4. The van der Waals surface area contributed by atoms with Crippen LogP contribution in [0.2, 0.25) is 0 Å². The average Bonchev–Trinajstić information content (AvgIpc) is 3.11. The van der Waals surface area contributed by atoms with Gasteiger partial charge in [-0.15, -0.1) is 17.5 Å². The monoisotopic (exact) mass is 510 g/mol. The minimum absolute atomic E-state index is 0. The largest absolute Gasteiger partial charge is 0.481 e. The summed E-state index contributed by atoms with van der Waals surface area (Å²) in [5.74, 6) is 0.354. The van der Waals surface area contributed by atoms with Crippen molar-refractivity contribution in [2.75, 3.05) is 20.1 Å². The number of carboxylic acids is 1. The molecule has 7 nitrogen and oxygen atoms in total. The van der Waals surface area contributed by atoms with E-state index in [0.29, 0.717) is 18.2 Å². The van der Waals surface area contributed by atoms with Crippen molar-refractivity contribution >= 4 is 18.4 Å². The van der Waals surface area contributed by atoms with E-state index in [9.17, 15) is 9.59 Å². The predicted octanol–water partition coefficient (Wildman–Crippen LogP) is 4.75. The van der Waals surface area contributed by atoms with Crippen molar-refractivity contribution in [2.24, 2.45) is 5.92 Å². The van der Waals surface area contributed by atoms with Gasteiger partial charge in [-0.3, -0.25) is 4.79 Å². The number of fused-ring (bicyclic) bond motifs is 1. The van der Waals surface area contributed by atoms with Gasteiger partial charge in [0.25, 0.3) is 0 Å². The first kappa shape index (κ1) is 26.2. The molecule has 1 aliphatic heterocycles. The van der Waals surface area contributed by atoms with Gasteiger partial charge >= 0.3 is 11.7 Å². The van der Waals surface area contributed by atoms with Gasteiger partial charge < -0.3 is 10.0 Å². The zero-order chi connectivity index (χ0) is 24.4. The fourth-order valence-electron chi connectivity index (χ4n) is 5.60. The molecule has 2 aliphatic rings. The first-order valence-electron chi connectivity index (χ1n) is 12.8. The van der Waals surface area contributed by atoms with Crippen molar-refractivity contribution in [3.05, 3.63) is 70.1 Å². The zero-order valence-electron chi connectivity index (χ0n) is 20.8. The highest BCUT2D eigenvalue weighted by Gasteiger charge is 2.27. The number of benzene rings is 2. The Hall–Kier alpha value is -2.90. The molecule has 0 saturated heterocycles. The lowest BCUT2D eigenvalue weighted by Gasteiger charge is -2.27. The molecule has 2 aromatic carbocycles. The molecular weight excluding hydrogens is 476 g/mol. The molecule has 8 heteroatoms. The maximum Gasteiger partial charge on any atom is 0.351 e. The van der Waals surface area contributed by atoms with Gasteiger partial charge in [-0.1, -0.05) is 36.4 Å². The van der Waals surface area contributed by atoms with Crippen LogP contribution in [0.15, 0.2) is 53.3 Å². The van der Waals surface area contributed by atoms with E-state index in [1.165, 1.54) is 11.1 Å². The maximum absolute atomic E-state index is 13.8. The van der Waals surface area contributed by atoms with Gasteiger partial charge in [0.1, 0.15) is 0 Å². The molecule has 1 fully saturated rings. The molecule has 0 unspecified atom stereocenters. The third kappa shape index (κ3) is 5.57. The van der Waals surface area contributed by atoms with Crippen LogP contribution in [0.25, 0.3) is 17.1 Å². The van der Waals surface area contributed by atoms with Gasteiger partial charge in [0, 0.05) is 25.1 Å². The number of halogens is 1. The first-order chi connectivity index (χ1) is 17.0. The maximum atomic E-state index is 13.8. The Bertz CT molecular complexity index is 1250. The Morgan fingerprint density at radius 1 is 1.00 bits per heavy atom. The van der Waals surface area contributed by atoms with Gasteiger partial charge in [0.05, 0.1) is 11.7 Å². The molecule has 1 aromatic heterocycles. The van der Waals surface area contributed by atoms with Crippen molar-refractivity contribution in [2.45, 2.75) is 57.4 Å². The summed E-state index contributed by atoms with van der Waals surface area (Å²) in [5, 5.41) is 13.9. The van der Waals surface area contributed by atoms with E-state index in [2.05, 4.69) is 30.1 Å². The molecule has 0 atom stereocenters. The van der Waals surface area contributed by atoms with Crippen LogP contribution in [0.1, 0.15) is 55.7 Å². The molecule has 0 radical (unpaired) electrons. The van der Waals surface area contributed by atoms with Gasteiger partial charge in [-0.2, -0.15) is 0 Å². The Morgan fingerprint density at radius 2 is 1.69 bits per heavy atom. The molecule has 192 valence electrons. The number of carboxylic acid groups (broad SMARTS) is 1. The van der Waals surface area contributed by atoms with Gasteiger partial charge in [0.15, 0.2) is 5.82 Å². The SMILES string of the molecule is CN1CCc2ccc(-n3c(-c4ccccc4)nn([C@H]4CC[C@H](CCC(=O)O)CC4)c3=O)cc2CC1.Cl. The van der Waals surface area contributed by atoms with Crippen molar-refractivity contribution in [3.8, 4) is 17.1 Å². The highest BCUT2D eigenvalue weighted by Crippen LogP contribution is 2.34. The van der Waals surface area contributed by atoms with E-state index in [1.807, 2.05) is 30.3 Å². The quantitative estimate of drug-likeness (QED) is 0.517. The van der Waals surface area contributed by atoms with Crippen molar-refractivity contribution in [3.63, 3.8) is 0 Å². The number of aromatic nitrogens is 3. The molecule has 0 spiro atoms. The molecule has 2 heterocycles. The summed E-state index contributed by atoms with van der Waals surface area (Å²) >= 11 is 0. The van der Waals surface area contributed by atoms with Gasteiger partial charge in [-0.25, -0.2) is 14.0 Å². The molecule has 5 rings (SSSR count).